The highest BCUT2D eigenvalue weighted by molar-refractivity contribution is 6.28. The van der Waals surface area contributed by atoms with Crippen LogP contribution in [0, 0.1) is 0 Å². The van der Waals surface area contributed by atoms with Crippen molar-refractivity contribution in [3.05, 3.63) is 5.28 Å². The smallest absolute Gasteiger partial charge is 0.226 e. The van der Waals surface area contributed by atoms with Crippen LogP contribution < -0.4 is 9.80 Å². The number of nitrogens with zero attached hydrogens (tertiary/aromatic N) is 6. The molecule has 0 amide bonds. The van der Waals surface area contributed by atoms with Crippen LogP contribution >= 0.6 is 11.6 Å². The fourth-order valence-corrected chi connectivity index (χ4v) is 3.40. The van der Waals surface area contributed by atoms with Gasteiger partial charge in [0.15, 0.2) is 17.0 Å². The maximum atomic E-state index is 6.21. The summed E-state index contributed by atoms with van der Waals surface area (Å²) in [4.78, 5) is 18.2. The molecule has 0 spiro atoms. The number of imidazole rings is 1. The Morgan fingerprint density at radius 2 is 1.54 bits per heavy atom. The molecule has 2 aliphatic heterocycles. The summed E-state index contributed by atoms with van der Waals surface area (Å²) in [6.45, 7) is 8.92. The molecule has 130 valence electrons. The Morgan fingerprint density at radius 1 is 0.917 bits per heavy atom. The van der Waals surface area contributed by atoms with Gasteiger partial charge in [-0.25, -0.2) is 4.98 Å². The first-order valence-corrected chi connectivity index (χ1v) is 8.75. The van der Waals surface area contributed by atoms with E-state index in [9.17, 15) is 0 Å². The number of fused-ring (bicyclic) bond motifs is 1. The van der Waals surface area contributed by atoms with Crippen LogP contribution in [0.5, 0.6) is 0 Å². The van der Waals surface area contributed by atoms with Gasteiger partial charge in [-0.1, -0.05) is 0 Å². The van der Waals surface area contributed by atoms with Crippen LogP contribution in [-0.4, -0.2) is 72.1 Å². The van der Waals surface area contributed by atoms with Crippen LogP contribution in [-0.2, 0) is 16.0 Å². The molecule has 0 saturated carbocycles. The maximum absolute atomic E-state index is 6.21. The van der Waals surface area contributed by atoms with Crippen LogP contribution in [0.3, 0.4) is 0 Å². The Bertz CT molecular complexity index is 724. The van der Waals surface area contributed by atoms with Crippen LogP contribution in [0.25, 0.3) is 11.2 Å². The first kappa shape index (κ1) is 15.9. The van der Waals surface area contributed by atoms with Crippen molar-refractivity contribution in [2.75, 3.05) is 62.4 Å². The summed E-state index contributed by atoms with van der Waals surface area (Å²) in [5, 5.41) is 0.257. The van der Waals surface area contributed by atoms with E-state index < -0.39 is 0 Å². The quantitative estimate of drug-likeness (QED) is 0.768. The lowest BCUT2D eigenvalue weighted by Crippen LogP contribution is -2.38. The van der Waals surface area contributed by atoms with E-state index in [-0.39, 0.29) is 5.28 Å². The van der Waals surface area contributed by atoms with Crippen molar-refractivity contribution in [3.63, 3.8) is 0 Å². The summed E-state index contributed by atoms with van der Waals surface area (Å²) < 4.78 is 13.0. The summed E-state index contributed by atoms with van der Waals surface area (Å²) in [6, 6.07) is 0. The van der Waals surface area contributed by atoms with E-state index in [2.05, 4.69) is 31.3 Å². The van der Waals surface area contributed by atoms with E-state index in [1.165, 1.54) is 0 Å². The monoisotopic (exact) mass is 352 g/mol. The average Bonchev–Trinajstić information content (AvgIpc) is 3.01. The standard InChI is InChI=1S/C15H21ClN6O2/c1-2-22-13-11(17-15(22)21-5-9-24-10-6-21)12(18-14(16)19-13)20-3-7-23-8-4-20/h2-10H2,1H3. The van der Waals surface area contributed by atoms with Gasteiger partial charge >= 0.3 is 0 Å². The number of halogens is 1. The number of aryl methyl sites for hydroxylation is 1. The summed E-state index contributed by atoms with van der Waals surface area (Å²) in [5.41, 5.74) is 1.60. The van der Waals surface area contributed by atoms with Crippen LogP contribution in [0.1, 0.15) is 6.92 Å². The molecule has 24 heavy (non-hydrogen) atoms. The topological polar surface area (TPSA) is 68.5 Å². The van der Waals surface area contributed by atoms with Crippen LogP contribution in [0.2, 0.25) is 5.28 Å². The molecule has 2 fully saturated rings. The third kappa shape index (κ3) is 2.78. The van der Waals surface area contributed by atoms with Crippen LogP contribution in [0.4, 0.5) is 11.8 Å². The van der Waals surface area contributed by atoms with E-state index in [1.807, 2.05) is 0 Å². The van der Waals surface area contributed by atoms with Gasteiger partial charge in [-0.15, -0.1) is 0 Å². The molecule has 2 aromatic heterocycles. The van der Waals surface area contributed by atoms with Gasteiger partial charge in [0.1, 0.15) is 0 Å². The van der Waals surface area contributed by atoms with E-state index >= 15 is 0 Å². The van der Waals surface area contributed by atoms with Crippen molar-refractivity contribution in [1.82, 2.24) is 19.5 Å². The first-order valence-electron chi connectivity index (χ1n) is 8.37. The minimum atomic E-state index is 0.257. The van der Waals surface area contributed by atoms with Gasteiger partial charge in [0, 0.05) is 32.7 Å². The van der Waals surface area contributed by atoms with Gasteiger partial charge in [0.05, 0.1) is 26.4 Å². The highest BCUT2D eigenvalue weighted by Crippen LogP contribution is 2.30. The molecule has 8 nitrogen and oxygen atoms in total. The number of ether oxygens (including phenoxy) is 2. The largest absolute Gasteiger partial charge is 0.378 e. The molecule has 2 aliphatic rings. The summed E-state index contributed by atoms with van der Waals surface area (Å²) in [5.74, 6) is 1.72. The molecule has 4 rings (SSSR count). The number of aromatic nitrogens is 4. The summed E-state index contributed by atoms with van der Waals surface area (Å²) in [6.07, 6.45) is 0. The molecule has 0 bridgehead atoms. The molecular formula is C15H21ClN6O2. The van der Waals surface area contributed by atoms with Gasteiger partial charge in [0.25, 0.3) is 0 Å². The number of hydrogen-bond donors (Lipinski definition) is 0. The predicted molar refractivity (Wildman–Crippen MR) is 92.1 cm³/mol. The molecule has 2 aromatic rings. The minimum Gasteiger partial charge on any atom is -0.378 e. The lowest BCUT2D eigenvalue weighted by atomic mass is 10.4. The molecule has 0 unspecified atom stereocenters. The molecule has 0 N–H and O–H groups in total. The SMILES string of the molecule is CCn1c(N2CCOCC2)nc2c(N3CCOCC3)nc(Cl)nc21. The average molecular weight is 353 g/mol. The molecule has 9 heteroatoms. The number of hydrogen-bond acceptors (Lipinski definition) is 7. The van der Waals surface area contributed by atoms with Crippen molar-refractivity contribution in [1.29, 1.82) is 0 Å². The number of morpholine rings is 2. The van der Waals surface area contributed by atoms with Gasteiger partial charge in [0.2, 0.25) is 11.2 Å². The second-order valence-corrected chi connectivity index (χ2v) is 6.18. The van der Waals surface area contributed by atoms with E-state index in [0.717, 1.165) is 68.9 Å². The Labute approximate surface area is 145 Å². The molecule has 2 saturated heterocycles. The van der Waals surface area contributed by atoms with Crippen molar-refractivity contribution in [2.45, 2.75) is 13.5 Å². The Hall–Kier alpha value is -1.64. The molecule has 0 radical (unpaired) electrons. The second-order valence-electron chi connectivity index (χ2n) is 5.84. The lowest BCUT2D eigenvalue weighted by Gasteiger charge is -2.28. The first-order chi connectivity index (χ1) is 11.8. The van der Waals surface area contributed by atoms with Crippen molar-refractivity contribution in [2.24, 2.45) is 0 Å². The highest BCUT2D eigenvalue weighted by atomic mass is 35.5. The maximum Gasteiger partial charge on any atom is 0.226 e. The van der Waals surface area contributed by atoms with Crippen LogP contribution in [0.15, 0.2) is 0 Å². The van der Waals surface area contributed by atoms with E-state index in [1.54, 1.807) is 0 Å². The van der Waals surface area contributed by atoms with Crippen molar-refractivity contribution < 1.29 is 9.47 Å². The van der Waals surface area contributed by atoms with Crippen molar-refractivity contribution >= 4 is 34.5 Å². The number of rotatable bonds is 3. The zero-order valence-electron chi connectivity index (χ0n) is 13.7. The summed E-state index contributed by atoms with van der Waals surface area (Å²) in [7, 11) is 0. The third-order valence-electron chi connectivity index (χ3n) is 4.45. The van der Waals surface area contributed by atoms with Gasteiger partial charge < -0.3 is 19.3 Å². The fraction of sp³-hybridized carbons (Fsp3) is 0.667. The zero-order chi connectivity index (χ0) is 16.5. The molecule has 4 heterocycles. The van der Waals surface area contributed by atoms with E-state index in [4.69, 9.17) is 26.1 Å². The Kier molecular flexibility index (Phi) is 4.43. The summed E-state index contributed by atoms with van der Waals surface area (Å²) >= 11 is 6.21. The van der Waals surface area contributed by atoms with Gasteiger partial charge in [-0.3, -0.25) is 4.57 Å². The Morgan fingerprint density at radius 3 is 2.17 bits per heavy atom. The van der Waals surface area contributed by atoms with E-state index in [0.29, 0.717) is 13.2 Å². The van der Waals surface area contributed by atoms with Crippen molar-refractivity contribution in [3.8, 4) is 0 Å². The van der Waals surface area contributed by atoms with Gasteiger partial charge in [-0.05, 0) is 18.5 Å². The van der Waals surface area contributed by atoms with Gasteiger partial charge in [-0.2, -0.15) is 9.97 Å². The molecular weight excluding hydrogens is 332 g/mol. The predicted octanol–water partition coefficient (Wildman–Crippen LogP) is 1.17. The zero-order valence-corrected chi connectivity index (χ0v) is 14.5. The molecule has 0 aliphatic carbocycles. The normalized spacial score (nSPS) is 19.2. The minimum absolute atomic E-state index is 0.257. The Balaban J connectivity index is 1.83. The molecule has 0 aromatic carbocycles. The molecule has 0 atom stereocenters. The third-order valence-corrected chi connectivity index (χ3v) is 4.62. The second kappa shape index (κ2) is 6.70. The fourth-order valence-electron chi connectivity index (χ4n) is 3.24. The highest BCUT2D eigenvalue weighted by Gasteiger charge is 2.25. The number of anilines is 2. The lowest BCUT2D eigenvalue weighted by molar-refractivity contribution is 0.121.